The monoisotopic (exact) mass is 442 g/mol. The van der Waals surface area contributed by atoms with Gasteiger partial charge in [-0.2, -0.15) is 23.4 Å². The number of fused-ring (bicyclic) bond motifs is 1. The van der Waals surface area contributed by atoms with E-state index in [1.54, 1.807) is 23.9 Å². The van der Waals surface area contributed by atoms with E-state index in [9.17, 15) is 18.0 Å². The highest BCUT2D eigenvalue weighted by Crippen LogP contribution is 2.32. The van der Waals surface area contributed by atoms with Gasteiger partial charge < -0.3 is 5.32 Å². The average molecular weight is 442 g/mol. The molecule has 0 saturated heterocycles. The predicted octanol–water partition coefficient (Wildman–Crippen LogP) is 4.00. The molecule has 0 aliphatic rings. The lowest BCUT2D eigenvalue weighted by atomic mass is 10.0. The van der Waals surface area contributed by atoms with Crippen molar-refractivity contribution in [1.29, 1.82) is 0 Å². The Kier molecular flexibility index (Phi) is 5.23. The van der Waals surface area contributed by atoms with Crippen LogP contribution in [0.3, 0.4) is 0 Å². The van der Waals surface area contributed by atoms with Crippen LogP contribution in [0.2, 0.25) is 0 Å². The van der Waals surface area contributed by atoms with Crippen molar-refractivity contribution >= 4 is 11.6 Å². The van der Waals surface area contributed by atoms with Gasteiger partial charge in [-0.15, -0.1) is 0 Å². The van der Waals surface area contributed by atoms with Gasteiger partial charge in [0, 0.05) is 18.7 Å². The van der Waals surface area contributed by atoms with Gasteiger partial charge in [0.2, 0.25) is 0 Å². The first-order valence-electron chi connectivity index (χ1n) is 9.86. The molecule has 1 amide bonds. The summed E-state index contributed by atoms with van der Waals surface area (Å²) in [5.41, 5.74) is 3.01. The van der Waals surface area contributed by atoms with E-state index in [1.807, 2.05) is 32.9 Å². The first-order chi connectivity index (χ1) is 15.0. The average Bonchev–Trinajstić information content (AvgIpc) is 3.29. The Morgan fingerprint density at radius 1 is 1.03 bits per heavy atom. The van der Waals surface area contributed by atoms with Crippen molar-refractivity contribution in [2.45, 2.75) is 33.5 Å². The number of hydrogen-bond acceptors (Lipinski definition) is 4. The summed E-state index contributed by atoms with van der Waals surface area (Å²) >= 11 is 0. The number of halogens is 3. The number of carbonyl (C=O) groups excluding carboxylic acids is 1. The molecule has 0 unspecified atom stereocenters. The first-order valence-corrected chi connectivity index (χ1v) is 9.86. The van der Waals surface area contributed by atoms with E-state index in [4.69, 9.17) is 0 Å². The quantitative estimate of drug-likeness (QED) is 0.518. The van der Waals surface area contributed by atoms with Crippen LogP contribution in [0.4, 0.5) is 13.2 Å². The molecule has 32 heavy (non-hydrogen) atoms. The van der Waals surface area contributed by atoms with Gasteiger partial charge >= 0.3 is 6.18 Å². The van der Waals surface area contributed by atoms with E-state index >= 15 is 0 Å². The molecule has 166 valence electrons. The fraction of sp³-hybridized carbons (Fsp3) is 0.273. The maximum atomic E-state index is 13.8. The highest BCUT2D eigenvalue weighted by molar-refractivity contribution is 5.93. The van der Waals surface area contributed by atoms with Crippen molar-refractivity contribution in [3.05, 3.63) is 70.3 Å². The summed E-state index contributed by atoms with van der Waals surface area (Å²) in [7, 11) is 1.74. The summed E-state index contributed by atoms with van der Waals surface area (Å²) < 4.78 is 43.6. The minimum absolute atomic E-state index is 0.0606. The summed E-state index contributed by atoms with van der Waals surface area (Å²) in [6, 6.07) is 9.35. The third kappa shape index (κ3) is 4.08. The Labute approximate surface area is 181 Å². The maximum Gasteiger partial charge on any atom is 0.433 e. The number of alkyl halides is 3. The summed E-state index contributed by atoms with van der Waals surface area (Å²) in [4.78, 5) is 16.9. The summed E-state index contributed by atoms with van der Waals surface area (Å²) in [5, 5.41) is 10.7. The fourth-order valence-electron chi connectivity index (χ4n) is 3.43. The number of nitrogens with one attached hydrogen (secondary N) is 1. The van der Waals surface area contributed by atoms with Crippen molar-refractivity contribution in [3.63, 3.8) is 0 Å². The summed E-state index contributed by atoms with van der Waals surface area (Å²) in [6.45, 7) is 5.79. The van der Waals surface area contributed by atoms with Crippen LogP contribution in [-0.4, -0.2) is 30.3 Å². The van der Waals surface area contributed by atoms with E-state index in [2.05, 4.69) is 20.5 Å². The Balaban J connectivity index is 1.72. The molecule has 0 bridgehead atoms. The number of amides is 1. The van der Waals surface area contributed by atoms with Crippen LogP contribution >= 0.6 is 0 Å². The fourth-order valence-corrected chi connectivity index (χ4v) is 3.43. The van der Waals surface area contributed by atoms with Crippen LogP contribution in [0.1, 0.15) is 38.7 Å². The van der Waals surface area contributed by atoms with Crippen molar-refractivity contribution in [1.82, 2.24) is 29.7 Å². The van der Waals surface area contributed by atoms with Gasteiger partial charge in [0.05, 0.1) is 23.6 Å². The molecule has 7 nitrogen and oxygen atoms in total. The van der Waals surface area contributed by atoms with Gasteiger partial charge in [-0.05, 0) is 50.1 Å². The molecule has 1 N–H and O–H groups in total. The molecule has 4 aromatic rings. The van der Waals surface area contributed by atoms with Crippen molar-refractivity contribution in [2.75, 3.05) is 0 Å². The predicted molar refractivity (Wildman–Crippen MR) is 112 cm³/mol. The number of rotatable bonds is 4. The van der Waals surface area contributed by atoms with Crippen LogP contribution in [0.15, 0.2) is 36.4 Å². The molecular weight excluding hydrogens is 421 g/mol. The second kappa shape index (κ2) is 7.77. The SMILES string of the molecule is Cc1cc(CNC(=O)c2cc3nc(-c4ccc(C)c(C)c4)cc(C(F)(F)F)n3n2)n(C)n1. The van der Waals surface area contributed by atoms with Crippen molar-refractivity contribution in [3.8, 4) is 11.3 Å². The normalized spacial score (nSPS) is 11.8. The second-order valence-electron chi connectivity index (χ2n) is 7.71. The van der Waals surface area contributed by atoms with Gasteiger partial charge in [0.15, 0.2) is 17.0 Å². The van der Waals surface area contributed by atoms with Crippen LogP contribution in [-0.2, 0) is 19.8 Å². The largest absolute Gasteiger partial charge is 0.433 e. The third-order valence-electron chi connectivity index (χ3n) is 5.28. The Morgan fingerprint density at radius 2 is 1.78 bits per heavy atom. The molecule has 4 rings (SSSR count). The highest BCUT2D eigenvalue weighted by atomic mass is 19.4. The molecule has 0 aliphatic carbocycles. The maximum absolute atomic E-state index is 13.8. The smallest absolute Gasteiger partial charge is 0.345 e. The van der Waals surface area contributed by atoms with Crippen LogP contribution < -0.4 is 5.32 Å². The molecule has 1 aromatic carbocycles. The molecule has 0 atom stereocenters. The molecule has 0 radical (unpaired) electrons. The number of hydrogen-bond donors (Lipinski definition) is 1. The number of carbonyl (C=O) groups is 1. The molecule has 10 heteroatoms. The van der Waals surface area contributed by atoms with Crippen molar-refractivity contribution in [2.24, 2.45) is 7.05 Å². The third-order valence-corrected chi connectivity index (χ3v) is 5.28. The molecule has 3 heterocycles. The topological polar surface area (TPSA) is 77.1 Å². The molecule has 0 fully saturated rings. The van der Waals surface area contributed by atoms with Gasteiger partial charge in [-0.3, -0.25) is 9.48 Å². The zero-order valence-corrected chi connectivity index (χ0v) is 17.9. The lowest BCUT2D eigenvalue weighted by Crippen LogP contribution is -2.24. The second-order valence-corrected chi connectivity index (χ2v) is 7.71. The zero-order chi connectivity index (χ0) is 23.2. The number of nitrogens with zero attached hydrogens (tertiary/aromatic N) is 5. The van der Waals surface area contributed by atoms with Gasteiger partial charge in [-0.25, -0.2) is 9.50 Å². The molecule has 0 saturated carbocycles. The van der Waals surface area contributed by atoms with Gasteiger partial charge in [0.25, 0.3) is 5.91 Å². The van der Waals surface area contributed by atoms with Gasteiger partial charge in [-0.1, -0.05) is 12.1 Å². The first kappa shape index (κ1) is 21.5. The molecular formula is C22H21F3N6O. The highest BCUT2D eigenvalue weighted by Gasteiger charge is 2.35. The lowest BCUT2D eigenvalue weighted by Gasteiger charge is -2.11. The minimum atomic E-state index is -4.68. The number of aromatic nitrogens is 5. The van der Waals surface area contributed by atoms with Gasteiger partial charge in [0.1, 0.15) is 0 Å². The zero-order valence-electron chi connectivity index (χ0n) is 17.9. The van der Waals surface area contributed by atoms with E-state index in [0.29, 0.717) is 10.1 Å². The van der Waals surface area contributed by atoms with E-state index < -0.39 is 17.8 Å². The van der Waals surface area contributed by atoms with Crippen LogP contribution in [0, 0.1) is 20.8 Å². The molecule has 0 aliphatic heterocycles. The Morgan fingerprint density at radius 3 is 2.41 bits per heavy atom. The van der Waals surface area contributed by atoms with Crippen LogP contribution in [0.5, 0.6) is 0 Å². The van der Waals surface area contributed by atoms with E-state index in [0.717, 1.165) is 28.6 Å². The van der Waals surface area contributed by atoms with E-state index in [1.165, 1.54) is 6.07 Å². The standard InChI is InChI=1S/C22H21F3N6O/c1-12-5-6-15(7-13(12)2)17-9-19(22(23,24)25)31-20(27-17)10-18(29-31)21(32)26-11-16-8-14(3)28-30(16)4/h5-10H,11H2,1-4H3,(H,26,32). The Bertz CT molecular complexity index is 1340. The number of benzene rings is 1. The molecule has 0 spiro atoms. The molecule has 3 aromatic heterocycles. The number of aryl methyl sites for hydroxylation is 4. The van der Waals surface area contributed by atoms with E-state index in [-0.39, 0.29) is 23.6 Å². The lowest BCUT2D eigenvalue weighted by molar-refractivity contribution is -0.142. The minimum Gasteiger partial charge on any atom is -0.345 e. The summed E-state index contributed by atoms with van der Waals surface area (Å²) in [6.07, 6.45) is -4.68. The van der Waals surface area contributed by atoms with Crippen molar-refractivity contribution < 1.29 is 18.0 Å². The Hall–Kier alpha value is -3.69. The van der Waals surface area contributed by atoms with Crippen LogP contribution in [0.25, 0.3) is 16.9 Å². The summed E-state index contributed by atoms with van der Waals surface area (Å²) in [5.74, 6) is -0.602.